The summed E-state index contributed by atoms with van der Waals surface area (Å²) in [6.45, 7) is 3.98. The zero-order valence-electron chi connectivity index (χ0n) is 17.9. The van der Waals surface area contributed by atoms with Crippen LogP contribution in [0.25, 0.3) is 0 Å². The predicted molar refractivity (Wildman–Crippen MR) is 120 cm³/mol. The summed E-state index contributed by atoms with van der Waals surface area (Å²) >= 11 is 1.49. The highest BCUT2D eigenvalue weighted by atomic mass is 32.2. The first-order valence-electron chi connectivity index (χ1n) is 10.5. The number of amidine groups is 1. The highest BCUT2D eigenvalue weighted by Crippen LogP contribution is 2.44. The van der Waals surface area contributed by atoms with Gasteiger partial charge in [-0.15, -0.1) is 0 Å². The number of carbonyl (C=O) groups excluding carboxylic acids is 2. The van der Waals surface area contributed by atoms with Crippen molar-refractivity contribution < 1.29 is 19.1 Å². The summed E-state index contributed by atoms with van der Waals surface area (Å²) in [6, 6.07) is 9.44. The van der Waals surface area contributed by atoms with E-state index in [0.29, 0.717) is 24.3 Å². The standard InChI is InChI=1S/C23H27N3O4S/c1-16-20(22(28)30-13-12-29-2)21(17-8-4-3-5-9-17)26-18(15-31-23(26)24-16)14-19(27)25-10-6-7-11-25/h3-5,8-9,15,21H,6-7,10-14H2,1-2H3. The molecule has 0 saturated carbocycles. The number of hydrogen-bond acceptors (Lipinski definition) is 7. The maximum Gasteiger partial charge on any atom is 0.338 e. The summed E-state index contributed by atoms with van der Waals surface area (Å²) in [5.41, 5.74) is 2.95. The van der Waals surface area contributed by atoms with Gasteiger partial charge < -0.3 is 19.3 Å². The van der Waals surface area contributed by atoms with Crippen LogP contribution in [0.1, 0.15) is 37.8 Å². The topological polar surface area (TPSA) is 71.4 Å². The third-order valence-corrected chi connectivity index (χ3v) is 6.54. The Bertz CT molecular complexity index is 935. The number of fused-ring (bicyclic) bond motifs is 1. The van der Waals surface area contributed by atoms with Gasteiger partial charge in [-0.3, -0.25) is 4.79 Å². The first kappa shape index (κ1) is 21.6. The number of aliphatic imine (C=N–C) groups is 1. The number of amides is 1. The Morgan fingerprint density at radius 3 is 2.61 bits per heavy atom. The summed E-state index contributed by atoms with van der Waals surface area (Å²) in [7, 11) is 1.57. The third kappa shape index (κ3) is 4.55. The summed E-state index contributed by atoms with van der Waals surface area (Å²) in [6.07, 6.45) is 2.41. The lowest BCUT2D eigenvalue weighted by atomic mass is 9.94. The Kier molecular flexibility index (Phi) is 6.77. The number of benzene rings is 1. The maximum absolute atomic E-state index is 13.1. The monoisotopic (exact) mass is 441 g/mol. The molecule has 8 heteroatoms. The molecule has 1 aromatic rings. The molecule has 1 aromatic carbocycles. The lowest BCUT2D eigenvalue weighted by Crippen LogP contribution is -2.38. The van der Waals surface area contributed by atoms with Crippen molar-refractivity contribution in [1.29, 1.82) is 0 Å². The van der Waals surface area contributed by atoms with Crippen molar-refractivity contribution in [3.05, 3.63) is 58.3 Å². The fourth-order valence-corrected chi connectivity index (χ4v) is 5.07. The zero-order valence-corrected chi connectivity index (χ0v) is 18.7. The van der Waals surface area contributed by atoms with Crippen molar-refractivity contribution in [1.82, 2.24) is 9.80 Å². The van der Waals surface area contributed by atoms with Gasteiger partial charge in [0.2, 0.25) is 5.91 Å². The van der Waals surface area contributed by atoms with E-state index >= 15 is 0 Å². The van der Waals surface area contributed by atoms with Gasteiger partial charge in [-0.25, -0.2) is 9.79 Å². The first-order chi connectivity index (χ1) is 15.1. The van der Waals surface area contributed by atoms with E-state index in [0.717, 1.165) is 42.4 Å². The number of methoxy groups -OCH3 is 1. The van der Waals surface area contributed by atoms with Gasteiger partial charge in [0, 0.05) is 25.9 Å². The molecule has 4 rings (SSSR count). The van der Waals surface area contributed by atoms with Crippen LogP contribution in [-0.4, -0.2) is 60.3 Å². The van der Waals surface area contributed by atoms with Gasteiger partial charge in [-0.2, -0.15) is 0 Å². The number of carbonyl (C=O) groups is 2. The Labute approximate surface area is 186 Å². The average Bonchev–Trinajstić information content (AvgIpc) is 3.44. The lowest BCUT2D eigenvalue weighted by Gasteiger charge is -2.36. The van der Waals surface area contributed by atoms with Gasteiger partial charge in [0.25, 0.3) is 0 Å². The van der Waals surface area contributed by atoms with E-state index in [-0.39, 0.29) is 12.5 Å². The second-order valence-electron chi connectivity index (χ2n) is 7.70. The third-order valence-electron chi connectivity index (χ3n) is 5.65. The van der Waals surface area contributed by atoms with Crippen LogP contribution in [0.2, 0.25) is 0 Å². The second kappa shape index (κ2) is 9.70. The molecule has 1 fully saturated rings. The van der Waals surface area contributed by atoms with E-state index in [4.69, 9.17) is 9.47 Å². The van der Waals surface area contributed by atoms with Crippen molar-refractivity contribution in [2.24, 2.45) is 4.99 Å². The quantitative estimate of drug-likeness (QED) is 0.477. The summed E-state index contributed by atoms with van der Waals surface area (Å²) in [5, 5.41) is 2.76. The molecule has 0 spiro atoms. The number of ether oxygens (including phenoxy) is 2. The predicted octanol–water partition coefficient (Wildman–Crippen LogP) is 3.46. The Morgan fingerprint density at radius 1 is 1.16 bits per heavy atom. The lowest BCUT2D eigenvalue weighted by molar-refractivity contribution is -0.141. The van der Waals surface area contributed by atoms with Crippen LogP contribution in [-0.2, 0) is 19.1 Å². The maximum atomic E-state index is 13.1. The molecule has 0 bridgehead atoms. The minimum Gasteiger partial charge on any atom is -0.460 e. The molecule has 31 heavy (non-hydrogen) atoms. The van der Waals surface area contributed by atoms with Crippen molar-refractivity contribution >= 4 is 28.8 Å². The SMILES string of the molecule is COCCOC(=O)C1=C(C)N=C2SC=C(CC(=O)N3CCCC3)N2C1c1ccccc1. The van der Waals surface area contributed by atoms with Crippen molar-refractivity contribution in [2.75, 3.05) is 33.4 Å². The first-order valence-corrected chi connectivity index (χ1v) is 11.4. The molecule has 7 nitrogen and oxygen atoms in total. The molecule has 0 aliphatic carbocycles. The van der Waals surface area contributed by atoms with Gasteiger partial charge in [0.05, 0.1) is 30.3 Å². The van der Waals surface area contributed by atoms with Crippen LogP contribution in [0.5, 0.6) is 0 Å². The number of nitrogens with zero attached hydrogens (tertiary/aromatic N) is 3. The number of thioether (sulfide) groups is 1. The van der Waals surface area contributed by atoms with Gasteiger partial charge in [-0.1, -0.05) is 42.1 Å². The smallest absolute Gasteiger partial charge is 0.338 e. The largest absolute Gasteiger partial charge is 0.460 e. The number of allylic oxidation sites excluding steroid dienone is 1. The number of likely N-dealkylation sites (tertiary alicyclic amines) is 1. The van der Waals surface area contributed by atoms with Gasteiger partial charge in [0.1, 0.15) is 6.61 Å². The van der Waals surface area contributed by atoms with Crippen LogP contribution in [0.3, 0.4) is 0 Å². The second-order valence-corrected chi connectivity index (χ2v) is 8.53. The minimum atomic E-state index is -0.409. The Balaban J connectivity index is 1.65. The fourth-order valence-electron chi connectivity index (χ4n) is 4.11. The molecule has 1 saturated heterocycles. The van der Waals surface area contributed by atoms with E-state index in [1.54, 1.807) is 7.11 Å². The van der Waals surface area contributed by atoms with E-state index in [1.807, 2.05) is 52.5 Å². The molecule has 164 valence electrons. The van der Waals surface area contributed by atoms with Crippen LogP contribution < -0.4 is 0 Å². The molecule has 1 unspecified atom stereocenters. The molecule has 0 N–H and O–H groups in total. The van der Waals surface area contributed by atoms with E-state index < -0.39 is 12.0 Å². The molecule has 3 aliphatic rings. The molecular formula is C23H27N3O4S. The minimum absolute atomic E-state index is 0.118. The van der Waals surface area contributed by atoms with Gasteiger partial charge in [0.15, 0.2) is 5.17 Å². The summed E-state index contributed by atoms with van der Waals surface area (Å²) in [4.78, 5) is 34.5. The summed E-state index contributed by atoms with van der Waals surface area (Å²) in [5.74, 6) is -0.291. The molecule has 3 heterocycles. The van der Waals surface area contributed by atoms with E-state index in [1.165, 1.54) is 11.8 Å². The highest BCUT2D eigenvalue weighted by Gasteiger charge is 2.41. The van der Waals surface area contributed by atoms with Crippen LogP contribution in [0, 0.1) is 0 Å². The van der Waals surface area contributed by atoms with Gasteiger partial charge in [-0.05, 0) is 30.7 Å². The molecule has 1 atom stereocenters. The summed E-state index contributed by atoms with van der Waals surface area (Å²) < 4.78 is 10.5. The van der Waals surface area contributed by atoms with E-state index in [9.17, 15) is 9.59 Å². The average molecular weight is 442 g/mol. The van der Waals surface area contributed by atoms with Crippen LogP contribution in [0.15, 0.2) is 57.7 Å². The Morgan fingerprint density at radius 2 is 1.90 bits per heavy atom. The van der Waals surface area contributed by atoms with Crippen molar-refractivity contribution in [3.8, 4) is 0 Å². The zero-order chi connectivity index (χ0) is 21.8. The molecular weight excluding hydrogens is 414 g/mol. The van der Waals surface area contributed by atoms with Crippen molar-refractivity contribution in [2.45, 2.75) is 32.2 Å². The molecule has 3 aliphatic heterocycles. The highest BCUT2D eigenvalue weighted by molar-refractivity contribution is 8.16. The van der Waals surface area contributed by atoms with Crippen LogP contribution >= 0.6 is 11.8 Å². The van der Waals surface area contributed by atoms with E-state index in [2.05, 4.69) is 4.99 Å². The molecule has 0 aromatic heterocycles. The Hall–Kier alpha value is -2.58. The molecule has 0 radical (unpaired) electrons. The molecule has 1 amide bonds. The number of rotatable bonds is 7. The van der Waals surface area contributed by atoms with Gasteiger partial charge >= 0.3 is 5.97 Å². The van der Waals surface area contributed by atoms with Crippen molar-refractivity contribution in [3.63, 3.8) is 0 Å². The normalized spacial score (nSPS) is 20.5. The fraction of sp³-hybridized carbons (Fsp3) is 0.435. The number of hydrogen-bond donors (Lipinski definition) is 0. The van der Waals surface area contributed by atoms with Crippen LogP contribution in [0.4, 0.5) is 0 Å². The number of esters is 1.